The summed E-state index contributed by atoms with van der Waals surface area (Å²) in [6, 6.07) is 126. The van der Waals surface area contributed by atoms with Gasteiger partial charge in [0, 0.05) is 43.7 Å². The number of fused-ring (bicyclic) bond motifs is 6. The molecule has 14 aromatic rings. The van der Waals surface area contributed by atoms with Gasteiger partial charge in [-0.1, -0.05) is 311 Å². The predicted octanol–water partition coefficient (Wildman–Crippen LogP) is 25.7. The van der Waals surface area contributed by atoms with Crippen molar-refractivity contribution >= 4 is 44.4 Å². The number of nitrogens with one attached hydrogen (secondary N) is 1. The second-order valence-corrected chi connectivity index (χ2v) is 26.0. The molecule has 0 saturated heterocycles. The van der Waals surface area contributed by atoms with E-state index in [0.29, 0.717) is 0 Å². The number of hydrogen-bond donors (Lipinski definition) is 1. The first-order valence-corrected chi connectivity index (χ1v) is 32.9. The van der Waals surface area contributed by atoms with Crippen molar-refractivity contribution in [3.63, 3.8) is 0 Å². The molecular formula is C90H71BrN2. The van der Waals surface area contributed by atoms with Crippen LogP contribution in [0.25, 0.3) is 89.0 Å². The number of anilines is 5. The van der Waals surface area contributed by atoms with Gasteiger partial charge in [0.15, 0.2) is 0 Å². The van der Waals surface area contributed by atoms with Crippen molar-refractivity contribution in [2.45, 2.75) is 38.5 Å². The summed E-state index contributed by atoms with van der Waals surface area (Å²) in [5.41, 5.74) is 31.1. The molecule has 0 spiro atoms. The van der Waals surface area contributed by atoms with Crippen LogP contribution in [-0.2, 0) is 10.8 Å². The van der Waals surface area contributed by atoms with Gasteiger partial charge in [-0.05, 0) is 196 Å². The number of nitrogens with zero attached hydrogens (tertiary/aromatic N) is 1. The highest BCUT2D eigenvalue weighted by atomic mass is 79.9. The molecule has 0 fully saturated rings. The van der Waals surface area contributed by atoms with Crippen LogP contribution >= 0.6 is 15.9 Å². The molecule has 93 heavy (non-hydrogen) atoms. The Balaban J connectivity index is 0.000000135. The van der Waals surface area contributed by atoms with Gasteiger partial charge < -0.3 is 10.2 Å². The summed E-state index contributed by atoms with van der Waals surface area (Å²) in [6.45, 7) is 9.33. The molecule has 0 atom stereocenters. The molecule has 1 N–H and O–H groups in total. The molecule has 0 radical (unpaired) electrons. The lowest BCUT2D eigenvalue weighted by Crippen LogP contribution is -2.16. The zero-order valence-corrected chi connectivity index (χ0v) is 54.4. The Morgan fingerprint density at radius 1 is 0.226 bits per heavy atom. The molecule has 0 aromatic heterocycles. The van der Waals surface area contributed by atoms with Gasteiger partial charge in [-0.2, -0.15) is 0 Å². The summed E-state index contributed by atoms with van der Waals surface area (Å²) >= 11 is 3.61. The minimum absolute atomic E-state index is 0.0286. The second kappa shape index (κ2) is 26.2. The number of benzene rings is 14. The molecule has 0 amide bonds. The van der Waals surface area contributed by atoms with Gasteiger partial charge in [0.1, 0.15) is 0 Å². The highest BCUT2D eigenvalue weighted by Crippen LogP contribution is 2.52. The Labute approximate surface area is 557 Å². The average Bonchev–Trinajstić information content (AvgIpc) is 1.63. The van der Waals surface area contributed by atoms with E-state index in [2.05, 4.69) is 387 Å². The van der Waals surface area contributed by atoms with Crippen LogP contribution in [0.3, 0.4) is 0 Å². The minimum atomic E-state index is -0.0914. The van der Waals surface area contributed by atoms with E-state index >= 15 is 0 Å². The SMILES string of the molecule is Brc1cc(-c2ccccc2)cc(-c2ccccc2)c1.CC1(C)c2ccccc2-c2ccc(N(c3ccc(-c4ccccc4)cc3)c3cc(-c4ccccc4)cc(-c4ccccc4)c3)cc21.CC1(C)c2ccccc2-c2ccc(Nc3ccc(-c4ccccc4)cc3)cc21. The lowest BCUT2D eigenvalue weighted by Gasteiger charge is -2.29. The third-order valence-corrected chi connectivity index (χ3v) is 18.9. The fourth-order valence-electron chi connectivity index (χ4n) is 13.6. The van der Waals surface area contributed by atoms with Gasteiger partial charge in [-0.3, -0.25) is 0 Å². The number of hydrogen-bond acceptors (Lipinski definition) is 2. The van der Waals surface area contributed by atoms with E-state index in [4.69, 9.17) is 0 Å². The molecule has 0 heterocycles. The number of rotatable bonds is 11. The predicted molar refractivity (Wildman–Crippen MR) is 399 cm³/mol. The quantitative estimate of drug-likeness (QED) is 0.139. The molecule has 448 valence electrons. The van der Waals surface area contributed by atoms with Crippen molar-refractivity contribution in [3.05, 3.63) is 379 Å². The fraction of sp³-hybridized carbons (Fsp3) is 0.0667. The van der Waals surface area contributed by atoms with Gasteiger partial charge in [0.25, 0.3) is 0 Å². The van der Waals surface area contributed by atoms with Gasteiger partial charge in [-0.25, -0.2) is 0 Å². The second-order valence-electron chi connectivity index (χ2n) is 25.1. The van der Waals surface area contributed by atoms with E-state index in [-0.39, 0.29) is 10.8 Å². The zero-order chi connectivity index (χ0) is 63.3. The van der Waals surface area contributed by atoms with Crippen molar-refractivity contribution in [3.8, 4) is 89.0 Å². The lowest BCUT2D eigenvalue weighted by molar-refractivity contribution is 0.660. The topological polar surface area (TPSA) is 15.3 Å². The van der Waals surface area contributed by atoms with E-state index in [0.717, 1.165) is 32.9 Å². The Morgan fingerprint density at radius 3 is 0.946 bits per heavy atom. The van der Waals surface area contributed by atoms with Crippen LogP contribution < -0.4 is 10.2 Å². The smallest absolute Gasteiger partial charge is 0.0473 e. The normalized spacial score (nSPS) is 12.5. The van der Waals surface area contributed by atoms with Gasteiger partial charge in [0.2, 0.25) is 0 Å². The van der Waals surface area contributed by atoms with Crippen LogP contribution in [0.2, 0.25) is 0 Å². The Bertz CT molecular complexity index is 4770. The van der Waals surface area contributed by atoms with Crippen LogP contribution in [0.5, 0.6) is 0 Å². The first-order chi connectivity index (χ1) is 45.5. The molecule has 16 rings (SSSR count). The van der Waals surface area contributed by atoms with Crippen LogP contribution in [0.4, 0.5) is 28.4 Å². The molecule has 0 saturated carbocycles. The molecule has 0 aliphatic heterocycles. The minimum Gasteiger partial charge on any atom is -0.356 e. The number of halogens is 1. The molecule has 3 heteroatoms. The van der Waals surface area contributed by atoms with E-state index in [1.165, 1.54) is 111 Å². The van der Waals surface area contributed by atoms with Crippen molar-refractivity contribution in [2.24, 2.45) is 0 Å². The van der Waals surface area contributed by atoms with Crippen molar-refractivity contribution in [1.82, 2.24) is 0 Å². The summed E-state index contributed by atoms with van der Waals surface area (Å²) in [5.74, 6) is 0. The van der Waals surface area contributed by atoms with Crippen LogP contribution in [0.1, 0.15) is 49.9 Å². The van der Waals surface area contributed by atoms with Crippen molar-refractivity contribution < 1.29 is 0 Å². The highest BCUT2D eigenvalue weighted by molar-refractivity contribution is 9.10. The molecular weight excluding hydrogens is 1190 g/mol. The third-order valence-electron chi connectivity index (χ3n) is 18.4. The van der Waals surface area contributed by atoms with Crippen molar-refractivity contribution in [2.75, 3.05) is 10.2 Å². The molecule has 2 aliphatic rings. The average molecular weight is 1260 g/mol. The first kappa shape index (κ1) is 59.8. The van der Waals surface area contributed by atoms with E-state index in [1.54, 1.807) is 0 Å². The summed E-state index contributed by atoms with van der Waals surface area (Å²) in [7, 11) is 0. The Kier molecular flexibility index (Phi) is 16.8. The summed E-state index contributed by atoms with van der Waals surface area (Å²) < 4.78 is 1.10. The molecule has 2 nitrogen and oxygen atoms in total. The van der Waals surface area contributed by atoms with Gasteiger partial charge >= 0.3 is 0 Å². The van der Waals surface area contributed by atoms with E-state index in [9.17, 15) is 0 Å². The van der Waals surface area contributed by atoms with Crippen molar-refractivity contribution in [1.29, 1.82) is 0 Å². The monoisotopic (exact) mass is 1260 g/mol. The lowest BCUT2D eigenvalue weighted by atomic mass is 9.82. The zero-order valence-electron chi connectivity index (χ0n) is 52.8. The fourth-order valence-corrected chi connectivity index (χ4v) is 14.0. The maximum atomic E-state index is 3.61. The maximum Gasteiger partial charge on any atom is 0.0473 e. The summed E-state index contributed by atoms with van der Waals surface area (Å²) in [4.78, 5) is 2.42. The van der Waals surface area contributed by atoms with Crippen LogP contribution in [-0.4, -0.2) is 0 Å². The van der Waals surface area contributed by atoms with Crippen LogP contribution in [0.15, 0.2) is 356 Å². The largest absolute Gasteiger partial charge is 0.356 e. The van der Waals surface area contributed by atoms with Gasteiger partial charge in [0.05, 0.1) is 0 Å². The molecule has 0 unspecified atom stereocenters. The molecule has 0 bridgehead atoms. The van der Waals surface area contributed by atoms with E-state index < -0.39 is 0 Å². The summed E-state index contributed by atoms with van der Waals surface area (Å²) in [6.07, 6.45) is 0. The van der Waals surface area contributed by atoms with E-state index in [1.807, 2.05) is 18.2 Å². The third kappa shape index (κ3) is 12.6. The Hall–Kier alpha value is -10.8. The van der Waals surface area contributed by atoms with Gasteiger partial charge in [-0.15, -0.1) is 0 Å². The first-order valence-electron chi connectivity index (χ1n) is 32.1. The standard InChI is InChI=1S/C45H35N.C27H23N.C18H13Br/c1-45(2)43-21-13-12-20-41(43)42-27-26-39(31-44(42)45)46(38-24-22-35(23-25-38)32-14-6-3-7-15-32)40-29-36(33-16-8-4-9-17-33)28-37(30-40)34-18-10-5-11-19-34;1-27(2)25-11-7-6-10-23(25)24-17-16-22(18-26(24)27)28-21-14-12-20(13-15-21)19-8-4-3-5-9-19;19-18-12-16(14-7-3-1-4-8-14)11-17(13-18)15-9-5-2-6-10-15/h3-31H,1-2H3;3-18,28H,1-2H3;1-13H. The Morgan fingerprint density at radius 2 is 0.527 bits per heavy atom. The molecule has 2 aliphatic carbocycles. The summed E-state index contributed by atoms with van der Waals surface area (Å²) in [5, 5.41) is 3.58. The highest BCUT2D eigenvalue weighted by Gasteiger charge is 2.37. The maximum absolute atomic E-state index is 3.61. The molecule has 14 aromatic carbocycles. The van der Waals surface area contributed by atoms with Crippen LogP contribution in [0, 0.1) is 0 Å².